The molecule has 3 rings (SSSR count). The summed E-state index contributed by atoms with van der Waals surface area (Å²) in [4.78, 5) is 23.8. The first-order valence-corrected chi connectivity index (χ1v) is 6.99. The molecule has 22 heavy (non-hydrogen) atoms. The van der Waals surface area contributed by atoms with E-state index in [9.17, 15) is 14.7 Å². The second kappa shape index (κ2) is 5.34. The number of carbonyl (C=O) groups is 2. The Labute approximate surface area is 126 Å². The molecule has 1 aliphatic rings. The van der Waals surface area contributed by atoms with Crippen LogP contribution in [0.5, 0.6) is 0 Å². The Morgan fingerprint density at radius 2 is 2.05 bits per heavy atom. The molecule has 2 N–H and O–H groups in total. The first-order valence-electron chi connectivity index (χ1n) is 6.99. The van der Waals surface area contributed by atoms with Gasteiger partial charge in [-0.05, 0) is 13.8 Å². The minimum atomic E-state index is -0.792. The molecule has 0 aliphatic carbocycles. The summed E-state index contributed by atoms with van der Waals surface area (Å²) >= 11 is 0. The van der Waals surface area contributed by atoms with Crippen LogP contribution in [0.4, 0.5) is 0 Å². The van der Waals surface area contributed by atoms with Gasteiger partial charge in [0, 0.05) is 5.56 Å². The first kappa shape index (κ1) is 14.4. The highest BCUT2D eigenvalue weighted by Crippen LogP contribution is 2.27. The molecule has 7 heteroatoms. The maximum atomic E-state index is 12.3. The number of aliphatic hydroxyl groups is 1. The maximum Gasteiger partial charge on any atom is 0.231 e. The highest BCUT2D eigenvalue weighted by atomic mass is 16.3. The topological polar surface area (TPSA) is 97.1 Å². The molecule has 3 atom stereocenters. The summed E-state index contributed by atoms with van der Waals surface area (Å²) in [5.74, 6) is -1.04. The molecular formula is C15H16N4O3. The number of ketones is 1. The van der Waals surface area contributed by atoms with E-state index in [0.717, 1.165) is 5.56 Å². The largest absolute Gasteiger partial charge is 0.392 e. The van der Waals surface area contributed by atoms with Gasteiger partial charge >= 0.3 is 0 Å². The van der Waals surface area contributed by atoms with Crippen molar-refractivity contribution < 1.29 is 14.7 Å². The zero-order valence-corrected chi connectivity index (χ0v) is 12.2. The van der Waals surface area contributed by atoms with Crippen LogP contribution in [0.2, 0.25) is 0 Å². The number of nitrogens with zero attached hydrogens (tertiary/aromatic N) is 3. The Hall–Kier alpha value is -2.54. The van der Waals surface area contributed by atoms with E-state index in [1.807, 2.05) is 19.1 Å². The highest BCUT2D eigenvalue weighted by Gasteiger charge is 2.44. The second-order valence-electron chi connectivity index (χ2n) is 5.50. The molecule has 0 saturated carbocycles. The van der Waals surface area contributed by atoms with Crippen molar-refractivity contribution in [2.45, 2.75) is 26.1 Å². The summed E-state index contributed by atoms with van der Waals surface area (Å²) in [6, 6.07) is 7.18. The van der Waals surface area contributed by atoms with Crippen LogP contribution in [0.1, 0.15) is 34.7 Å². The molecule has 1 amide bonds. The number of aryl methyl sites for hydroxylation is 1. The normalized spacial score (nSPS) is 21.9. The number of aromatic nitrogens is 3. The SMILES string of the molecule is Cc1ccc(C(=O)c2cn([C@H]3NC(=O)[C@@H]3[C@@H](C)O)nn2)cc1. The van der Waals surface area contributed by atoms with E-state index < -0.39 is 18.2 Å². The van der Waals surface area contributed by atoms with Gasteiger partial charge in [0.15, 0.2) is 5.69 Å². The summed E-state index contributed by atoms with van der Waals surface area (Å²) < 4.78 is 1.40. The smallest absolute Gasteiger partial charge is 0.231 e. The summed E-state index contributed by atoms with van der Waals surface area (Å²) in [5, 5.41) is 20.0. The molecule has 0 bridgehead atoms. The monoisotopic (exact) mass is 300 g/mol. The van der Waals surface area contributed by atoms with Crippen molar-refractivity contribution in [2.75, 3.05) is 0 Å². The van der Waals surface area contributed by atoms with E-state index in [4.69, 9.17) is 0 Å². The first-order chi connectivity index (χ1) is 10.5. The Balaban J connectivity index is 1.81. The van der Waals surface area contributed by atoms with Crippen LogP contribution in [0.3, 0.4) is 0 Å². The number of aliphatic hydroxyl groups excluding tert-OH is 1. The fourth-order valence-corrected chi connectivity index (χ4v) is 2.46. The van der Waals surface area contributed by atoms with E-state index in [0.29, 0.717) is 5.56 Å². The fraction of sp³-hybridized carbons (Fsp3) is 0.333. The predicted molar refractivity (Wildman–Crippen MR) is 77.0 cm³/mol. The van der Waals surface area contributed by atoms with Gasteiger partial charge in [-0.25, -0.2) is 4.68 Å². The minimum Gasteiger partial charge on any atom is -0.392 e. The number of carbonyl (C=O) groups excluding carboxylic acids is 2. The van der Waals surface area contributed by atoms with E-state index in [1.54, 1.807) is 19.1 Å². The molecule has 114 valence electrons. The van der Waals surface area contributed by atoms with Crippen molar-refractivity contribution in [3.05, 3.63) is 47.3 Å². The third-order valence-corrected chi connectivity index (χ3v) is 3.79. The quantitative estimate of drug-likeness (QED) is 0.631. The van der Waals surface area contributed by atoms with Crippen molar-refractivity contribution in [2.24, 2.45) is 5.92 Å². The standard InChI is InChI=1S/C15H16N4O3/c1-8-3-5-10(6-4-8)13(21)11-7-19(18-17-11)14-12(9(2)20)15(22)16-14/h3-7,9,12,14,20H,1-2H3,(H,16,22)/t9-,12-,14-/m1/s1. The summed E-state index contributed by atoms with van der Waals surface area (Å²) in [7, 11) is 0. The van der Waals surface area contributed by atoms with Crippen molar-refractivity contribution >= 4 is 11.7 Å². The van der Waals surface area contributed by atoms with Gasteiger partial charge in [0.05, 0.1) is 12.3 Å². The van der Waals surface area contributed by atoms with Crippen molar-refractivity contribution in [3.63, 3.8) is 0 Å². The van der Waals surface area contributed by atoms with Crippen LogP contribution in [0.15, 0.2) is 30.5 Å². The van der Waals surface area contributed by atoms with Gasteiger partial charge in [0.2, 0.25) is 11.7 Å². The van der Waals surface area contributed by atoms with Crippen molar-refractivity contribution in [1.29, 1.82) is 0 Å². The third kappa shape index (κ3) is 2.39. The highest BCUT2D eigenvalue weighted by molar-refractivity contribution is 6.07. The van der Waals surface area contributed by atoms with Crippen LogP contribution in [0.25, 0.3) is 0 Å². The summed E-state index contributed by atoms with van der Waals surface area (Å²) in [6.07, 6.45) is 0.223. The summed E-state index contributed by atoms with van der Waals surface area (Å²) in [6.45, 7) is 3.49. The Morgan fingerprint density at radius 3 is 2.64 bits per heavy atom. The molecule has 1 fully saturated rings. The summed E-state index contributed by atoms with van der Waals surface area (Å²) in [5.41, 5.74) is 1.80. The minimum absolute atomic E-state index is 0.203. The maximum absolute atomic E-state index is 12.3. The molecule has 0 radical (unpaired) electrons. The van der Waals surface area contributed by atoms with E-state index in [2.05, 4.69) is 15.6 Å². The lowest BCUT2D eigenvalue weighted by Gasteiger charge is -2.37. The predicted octanol–water partition coefficient (Wildman–Crippen LogP) is 0.443. The lowest BCUT2D eigenvalue weighted by molar-refractivity contribution is -0.145. The van der Waals surface area contributed by atoms with Crippen molar-refractivity contribution in [1.82, 2.24) is 20.3 Å². The zero-order chi connectivity index (χ0) is 15.9. The Morgan fingerprint density at radius 1 is 1.36 bits per heavy atom. The van der Waals surface area contributed by atoms with Gasteiger partial charge in [-0.3, -0.25) is 9.59 Å². The number of benzene rings is 1. The van der Waals surface area contributed by atoms with Gasteiger partial charge in [0.1, 0.15) is 12.1 Å². The van der Waals surface area contributed by atoms with Crippen molar-refractivity contribution in [3.8, 4) is 0 Å². The molecule has 2 heterocycles. The number of rotatable bonds is 4. The van der Waals surface area contributed by atoms with Crippen LogP contribution in [0, 0.1) is 12.8 Å². The average Bonchev–Trinajstić information content (AvgIpc) is 2.93. The molecule has 7 nitrogen and oxygen atoms in total. The van der Waals surface area contributed by atoms with Gasteiger partial charge in [-0.1, -0.05) is 35.0 Å². The van der Waals surface area contributed by atoms with Gasteiger partial charge < -0.3 is 10.4 Å². The third-order valence-electron chi connectivity index (χ3n) is 3.79. The molecule has 1 aromatic carbocycles. The van der Waals surface area contributed by atoms with E-state index in [-0.39, 0.29) is 17.4 Å². The molecular weight excluding hydrogens is 284 g/mol. The van der Waals surface area contributed by atoms with Crippen LogP contribution < -0.4 is 5.32 Å². The van der Waals surface area contributed by atoms with Gasteiger partial charge in [-0.15, -0.1) is 5.10 Å². The molecule has 0 spiro atoms. The lowest BCUT2D eigenvalue weighted by Crippen LogP contribution is -2.58. The van der Waals surface area contributed by atoms with E-state index >= 15 is 0 Å². The fourth-order valence-electron chi connectivity index (χ4n) is 2.46. The number of nitrogens with one attached hydrogen (secondary N) is 1. The molecule has 1 saturated heterocycles. The Bertz CT molecular complexity index is 721. The average molecular weight is 300 g/mol. The van der Waals surface area contributed by atoms with Crippen LogP contribution >= 0.6 is 0 Å². The number of amides is 1. The Kier molecular flexibility index (Phi) is 3.50. The lowest BCUT2D eigenvalue weighted by atomic mass is 9.92. The second-order valence-corrected chi connectivity index (χ2v) is 5.50. The van der Waals surface area contributed by atoms with E-state index in [1.165, 1.54) is 10.9 Å². The number of hydrogen-bond donors (Lipinski definition) is 2. The molecule has 1 aromatic heterocycles. The molecule has 2 aromatic rings. The molecule has 0 unspecified atom stereocenters. The van der Waals surface area contributed by atoms with Gasteiger partial charge in [-0.2, -0.15) is 0 Å². The van der Waals surface area contributed by atoms with Crippen LogP contribution in [-0.2, 0) is 4.79 Å². The number of hydrogen-bond acceptors (Lipinski definition) is 5. The number of β-lactam (4-membered cyclic amide) rings is 1. The molecule has 1 aliphatic heterocycles. The van der Waals surface area contributed by atoms with Gasteiger partial charge in [0.25, 0.3) is 0 Å². The zero-order valence-electron chi connectivity index (χ0n) is 12.2. The van der Waals surface area contributed by atoms with Crippen LogP contribution in [-0.4, -0.2) is 37.9 Å².